The molecule has 1 amide bonds. The smallest absolute Gasteiger partial charge is 0.295 e. The lowest BCUT2D eigenvalue weighted by molar-refractivity contribution is -0.140. The minimum Gasteiger partial charge on any atom is -0.507 e. The number of amides is 1. The minimum absolute atomic E-state index is 0.0921. The van der Waals surface area contributed by atoms with Crippen molar-refractivity contribution in [3.8, 4) is 5.75 Å². The van der Waals surface area contributed by atoms with E-state index in [1.54, 1.807) is 36.3 Å². The highest BCUT2D eigenvalue weighted by atomic mass is 16.5. The molecule has 0 bridgehead atoms. The molecule has 2 heterocycles. The lowest BCUT2D eigenvalue weighted by Gasteiger charge is -2.25. The van der Waals surface area contributed by atoms with E-state index in [1.807, 2.05) is 38.1 Å². The summed E-state index contributed by atoms with van der Waals surface area (Å²) in [4.78, 5) is 31.2. The summed E-state index contributed by atoms with van der Waals surface area (Å²) in [5.74, 6) is -0.833. The number of methoxy groups -OCH3 is 1. The fourth-order valence-electron chi connectivity index (χ4n) is 4.47. The second-order valence-corrected chi connectivity index (χ2v) is 8.01. The lowest BCUT2D eigenvalue weighted by Crippen LogP contribution is -2.31. The zero-order valence-electron chi connectivity index (χ0n) is 19.1. The second kappa shape index (κ2) is 9.50. The average Bonchev–Trinajstić information content (AvgIpc) is 3.27. The van der Waals surface area contributed by atoms with Gasteiger partial charge in [-0.2, -0.15) is 0 Å². The molecule has 1 aliphatic heterocycles. The summed E-state index contributed by atoms with van der Waals surface area (Å²) in [5, 5.41) is 12.2. The zero-order chi connectivity index (χ0) is 23.5. The van der Waals surface area contributed by atoms with Gasteiger partial charge in [0.15, 0.2) is 0 Å². The second-order valence-electron chi connectivity index (χ2n) is 8.01. The Morgan fingerprint density at radius 3 is 2.55 bits per heavy atom. The normalized spacial score (nSPS) is 17.8. The van der Waals surface area contributed by atoms with Crippen LogP contribution in [0.4, 0.5) is 0 Å². The van der Waals surface area contributed by atoms with Crippen molar-refractivity contribution in [1.82, 2.24) is 9.88 Å². The molecule has 1 atom stereocenters. The largest absolute Gasteiger partial charge is 0.507 e. The standard InChI is InChI=1S/C26H28N2O5/c1-4-33-18-12-10-17(11-13-18)24(29)22-23(28(14-7-15-32-3)26(31)25(22)30)21-16(2)27-20-9-6-5-8-19(20)21/h5-6,8-13,23,27,29H,4,7,14-15H2,1-3H3/b24-22+. The molecule has 2 aromatic carbocycles. The van der Waals surface area contributed by atoms with Crippen molar-refractivity contribution in [1.29, 1.82) is 0 Å². The molecule has 1 aliphatic rings. The summed E-state index contributed by atoms with van der Waals surface area (Å²) in [6.45, 7) is 5.13. The number of rotatable bonds is 8. The van der Waals surface area contributed by atoms with E-state index in [2.05, 4.69) is 4.98 Å². The van der Waals surface area contributed by atoms with Gasteiger partial charge in [0.05, 0.1) is 18.2 Å². The number of nitrogens with zero attached hydrogens (tertiary/aromatic N) is 1. The molecule has 0 radical (unpaired) electrons. The molecule has 1 fully saturated rings. The van der Waals surface area contributed by atoms with Crippen molar-refractivity contribution < 1.29 is 24.2 Å². The first-order valence-corrected chi connectivity index (χ1v) is 11.1. The minimum atomic E-state index is -0.704. The first-order valence-electron chi connectivity index (χ1n) is 11.1. The monoisotopic (exact) mass is 448 g/mol. The van der Waals surface area contributed by atoms with Crippen molar-refractivity contribution in [3.05, 3.63) is 70.9 Å². The van der Waals surface area contributed by atoms with E-state index in [9.17, 15) is 14.7 Å². The third kappa shape index (κ3) is 4.12. The quantitative estimate of drug-likeness (QED) is 0.232. The van der Waals surface area contributed by atoms with Crippen LogP contribution in [0.1, 0.15) is 36.2 Å². The van der Waals surface area contributed by atoms with Gasteiger partial charge in [-0.15, -0.1) is 0 Å². The van der Waals surface area contributed by atoms with Crippen LogP contribution in [0.15, 0.2) is 54.1 Å². The van der Waals surface area contributed by atoms with Crippen LogP contribution in [-0.2, 0) is 14.3 Å². The number of ether oxygens (including phenoxy) is 2. The molecule has 0 aliphatic carbocycles. The Labute approximate surface area is 192 Å². The van der Waals surface area contributed by atoms with Gasteiger partial charge in [-0.05, 0) is 50.6 Å². The molecule has 1 aromatic heterocycles. The highest BCUT2D eigenvalue weighted by Crippen LogP contribution is 2.43. The molecule has 33 heavy (non-hydrogen) atoms. The summed E-state index contributed by atoms with van der Waals surface area (Å²) < 4.78 is 10.6. The van der Waals surface area contributed by atoms with Gasteiger partial charge in [-0.1, -0.05) is 18.2 Å². The van der Waals surface area contributed by atoms with Crippen LogP contribution in [0, 0.1) is 6.92 Å². The fraction of sp³-hybridized carbons (Fsp3) is 0.308. The van der Waals surface area contributed by atoms with E-state index < -0.39 is 17.7 Å². The first-order chi connectivity index (χ1) is 16.0. The Hall–Kier alpha value is -3.58. The molecular formula is C26H28N2O5. The first kappa shape index (κ1) is 22.6. The number of aromatic nitrogens is 1. The van der Waals surface area contributed by atoms with E-state index in [4.69, 9.17) is 9.47 Å². The molecule has 0 saturated carbocycles. The lowest BCUT2D eigenvalue weighted by atomic mass is 9.93. The number of ketones is 1. The van der Waals surface area contributed by atoms with Crippen molar-refractivity contribution in [3.63, 3.8) is 0 Å². The van der Waals surface area contributed by atoms with Gasteiger partial charge < -0.3 is 24.5 Å². The molecule has 4 rings (SSSR count). The van der Waals surface area contributed by atoms with Gasteiger partial charge in [0.2, 0.25) is 0 Å². The maximum Gasteiger partial charge on any atom is 0.295 e. The van der Waals surface area contributed by atoms with Crippen LogP contribution in [0.2, 0.25) is 0 Å². The van der Waals surface area contributed by atoms with Crippen LogP contribution in [0.3, 0.4) is 0 Å². The van der Waals surface area contributed by atoms with Crippen LogP contribution < -0.4 is 4.74 Å². The Kier molecular flexibility index (Phi) is 6.51. The summed E-state index contributed by atoms with van der Waals surface area (Å²) in [6, 6.07) is 13.9. The number of para-hydroxylation sites is 1. The van der Waals surface area contributed by atoms with Crippen molar-refractivity contribution in [2.45, 2.75) is 26.3 Å². The summed E-state index contributed by atoms with van der Waals surface area (Å²) in [7, 11) is 1.60. The number of H-pyrrole nitrogens is 1. The number of benzene rings is 2. The van der Waals surface area contributed by atoms with Gasteiger partial charge in [0.25, 0.3) is 11.7 Å². The Morgan fingerprint density at radius 1 is 1.12 bits per heavy atom. The Balaban J connectivity index is 1.88. The van der Waals surface area contributed by atoms with Crippen LogP contribution in [0.25, 0.3) is 16.7 Å². The SMILES string of the molecule is CCOc1ccc(/C(O)=C2\C(=O)C(=O)N(CCCOC)C2c2c(C)[nH]c3ccccc23)cc1. The van der Waals surface area contributed by atoms with Gasteiger partial charge in [0, 0.05) is 48.0 Å². The number of carbonyl (C=O) groups is 2. The molecule has 2 N–H and O–H groups in total. The number of carbonyl (C=O) groups excluding carboxylic acids is 2. The molecule has 3 aromatic rings. The summed E-state index contributed by atoms with van der Waals surface area (Å²) >= 11 is 0. The number of nitrogens with one attached hydrogen (secondary N) is 1. The van der Waals surface area contributed by atoms with Crippen LogP contribution in [-0.4, -0.2) is 53.5 Å². The number of fused-ring (bicyclic) bond motifs is 1. The molecule has 7 heteroatoms. The maximum absolute atomic E-state index is 13.2. The number of aryl methyl sites for hydroxylation is 1. The summed E-state index contributed by atoms with van der Waals surface area (Å²) in [6.07, 6.45) is 0.574. The molecule has 0 spiro atoms. The third-order valence-electron chi connectivity index (χ3n) is 5.94. The van der Waals surface area contributed by atoms with E-state index in [-0.39, 0.29) is 11.3 Å². The van der Waals surface area contributed by atoms with Crippen molar-refractivity contribution in [2.24, 2.45) is 0 Å². The predicted molar refractivity (Wildman–Crippen MR) is 126 cm³/mol. The fourth-order valence-corrected chi connectivity index (χ4v) is 4.47. The van der Waals surface area contributed by atoms with Crippen molar-refractivity contribution >= 4 is 28.4 Å². The average molecular weight is 449 g/mol. The molecule has 1 unspecified atom stereocenters. The number of hydrogen-bond acceptors (Lipinski definition) is 5. The highest BCUT2D eigenvalue weighted by Gasteiger charge is 2.47. The molecule has 172 valence electrons. The van der Waals surface area contributed by atoms with Gasteiger partial charge >= 0.3 is 0 Å². The highest BCUT2D eigenvalue weighted by molar-refractivity contribution is 6.46. The zero-order valence-corrected chi connectivity index (χ0v) is 19.1. The van der Waals surface area contributed by atoms with Gasteiger partial charge in [-0.3, -0.25) is 9.59 Å². The molecule has 7 nitrogen and oxygen atoms in total. The topological polar surface area (TPSA) is 91.9 Å². The maximum atomic E-state index is 13.2. The number of hydrogen-bond donors (Lipinski definition) is 2. The van der Waals surface area contributed by atoms with Crippen LogP contribution in [0.5, 0.6) is 5.75 Å². The number of aliphatic hydroxyl groups excluding tert-OH is 1. The third-order valence-corrected chi connectivity index (χ3v) is 5.94. The van der Waals surface area contributed by atoms with E-state index in [0.717, 1.165) is 22.2 Å². The van der Waals surface area contributed by atoms with Crippen molar-refractivity contribution in [2.75, 3.05) is 26.9 Å². The predicted octanol–water partition coefficient (Wildman–Crippen LogP) is 4.33. The summed E-state index contributed by atoms with van der Waals surface area (Å²) in [5.41, 5.74) is 3.12. The number of aromatic amines is 1. The Morgan fingerprint density at radius 2 is 1.85 bits per heavy atom. The van der Waals surface area contributed by atoms with E-state index >= 15 is 0 Å². The van der Waals surface area contributed by atoms with Crippen LogP contribution >= 0.6 is 0 Å². The number of likely N-dealkylation sites (tertiary alicyclic amines) is 1. The number of Topliss-reactive ketones (excluding diaryl/α,β-unsaturated/α-hetero) is 1. The Bertz CT molecular complexity index is 1210. The number of aliphatic hydroxyl groups is 1. The van der Waals surface area contributed by atoms with E-state index in [1.165, 1.54) is 0 Å². The van der Waals surface area contributed by atoms with E-state index in [0.29, 0.717) is 37.5 Å². The molecule has 1 saturated heterocycles. The van der Waals surface area contributed by atoms with Gasteiger partial charge in [-0.25, -0.2) is 0 Å². The van der Waals surface area contributed by atoms with Gasteiger partial charge in [0.1, 0.15) is 11.5 Å². The molecular weight excluding hydrogens is 420 g/mol.